The molecule has 0 bridgehead atoms. The maximum Gasteiger partial charge on any atom is 0.133 e. The van der Waals surface area contributed by atoms with Crippen molar-refractivity contribution in [2.45, 2.75) is 13.0 Å². The van der Waals surface area contributed by atoms with Crippen molar-refractivity contribution >= 4 is 11.3 Å². The predicted octanol–water partition coefficient (Wildman–Crippen LogP) is 2.04. The summed E-state index contributed by atoms with van der Waals surface area (Å²) in [7, 11) is 0. The number of hydrogen-bond donors (Lipinski definition) is 1. The van der Waals surface area contributed by atoms with E-state index >= 15 is 0 Å². The minimum Gasteiger partial charge on any atom is -0.377 e. The maximum absolute atomic E-state index is 9.19. The van der Waals surface area contributed by atoms with Crippen molar-refractivity contribution in [1.82, 2.24) is 0 Å². The zero-order chi connectivity index (χ0) is 8.81. The summed E-state index contributed by atoms with van der Waals surface area (Å²) < 4.78 is 0. The summed E-state index contributed by atoms with van der Waals surface area (Å²) in [5.74, 6) is 5.59. The van der Waals surface area contributed by atoms with Crippen molar-refractivity contribution in [1.29, 1.82) is 0 Å². The van der Waals surface area contributed by atoms with E-state index in [9.17, 15) is 5.11 Å². The van der Waals surface area contributed by atoms with E-state index in [0.717, 1.165) is 4.88 Å². The lowest BCUT2D eigenvalue weighted by molar-refractivity contribution is 0.280. The molecule has 0 aliphatic carbocycles. The lowest BCUT2D eigenvalue weighted by atomic mass is 10.3. The van der Waals surface area contributed by atoms with Gasteiger partial charge in [0.2, 0.25) is 0 Å². The molecule has 0 spiro atoms. The zero-order valence-corrected chi connectivity index (χ0v) is 7.64. The normalized spacial score (nSPS) is 12.5. The first-order valence-electron chi connectivity index (χ1n) is 3.69. The molecule has 12 heavy (non-hydrogen) atoms. The fourth-order valence-corrected chi connectivity index (χ4v) is 1.30. The van der Waals surface area contributed by atoms with E-state index in [1.54, 1.807) is 23.5 Å². The fraction of sp³-hybridized carbons (Fsp3) is 0.200. The molecule has 1 heterocycles. The molecule has 0 fully saturated rings. The quantitative estimate of drug-likeness (QED) is 0.515. The summed E-state index contributed by atoms with van der Waals surface area (Å²) in [4.78, 5) is 0.985. The third kappa shape index (κ3) is 2.91. The summed E-state index contributed by atoms with van der Waals surface area (Å²) in [5.41, 5.74) is 0. The molecule has 1 rings (SSSR count). The van der Waals surface area contributed by atoms with Gasteiger partial charge in [-0.15, -0.1) is 11.3 Å². The van der Waals surface area contributed by atoms with Gasteiger partial charge in [-0.25, -0.2) is 0 Å². The van der Waals surface area contributed by atoms with Crippen LogP contribution in [0.2, 0.25) is 0 Å². The molecular weight excluding hydrogens is 168 g/mol. The molecule has 62 valence electrons. The summed E-state index contributed by atoms with van der Waals surface area (Å²) in [5, 5.41) is 11.2. The minimum atomic E-state index is -0.642. The smallest absolute Gasteiger partial charge is 0.133 e. The Morgan fingerprint density at radius 2 is 2.50 bits per heavy atom. The number of aliphatic hydroxyl groups excluding tert-OH is 1. The largest absolute Gasteiger partial charge is 0.377 e. The monoisotopic (exact) mass is 178 g/mol. The molecule has 1 nitrogen and oxygen atoms in total. The van der Waals surface area contributed by atoms with Crippen molar-refractivity contribution < 1.29 is 5.11 Å². The van der Waals surface area contributed by atoms with E-state index in [4.69, 9.17) is 0 Å². The molecule has 1 N–H and O–H groups in total. The third-order valence-electron chi connectivity index (χ3n) is 1.24. The molecule has 1 aromatic rings. The molecule has 1 aromatic heterocycles. The van der Waals surface area contributed by atoms with Gasteiger partial charge in [0.15, 0.2) is 0 Å². The second-order valence-electron chi connectivity index (χ2n) is 2.22. The summed E-state index contributed by atoms with van der Waals surface area (Å²) in [6, 6.07) is 3.87. The van der Waals surface area contributed by atoms with Gasteiger partial charge in [-0.1, -0.05) is 24.0 Å². The average molecular weight is 178 g/mol. The Balaban J connectivity index is 2.60. The van der Waals surface area contributed by atoms with Crippen LogP contribution < -0.4 is 0 Å². The summed E-state index contributed by atoms with van der Waals surface area (Å²) >= 11 is 1.57. The van der Waals surface area contributed by atoms with Crippen molar-refractivity contribution in [3.63, 3.8) is 0 Å². The molecule has 1 unspecified atom stereocenters. The Kier molecular flexibility index (Phi) is 3.59. The molecule has 1 atom stereocenters. The minimum absolute atomic E-state index is 0.642. The number of thiophene rings is 1. The maximum atomic E-state index is 9.19. The van der Waals surface area contributed by atoms with Crippen LogP contribution >= 0.6 is 11.3 Å². The Labute approximate surface area is 76.4 Å². The van der Waals surface area contributed by atoms with Crippen molar-refractivity contribution in [3.05, 3.63) is 34.5 Å². The highest BCUT2D eigenvalue weighted by molar-refractivity contribution is 7.10. The van der Waals surface area contributed by atoms with Crippen molar-refractivity contribution in [2.75, 3.05) is 0 Å². The predicted molar refractivity (Wildman–Crippen MR) is 52.0 cm³/mol. The second kappa shape index (κ2) is 4.76. The van der Waals surface area contributed by atoms with Crippen LogP contribution in [-0.2, 0) is 0 Å². The third-order valence-corrected chi connectivity index (χ3v) is 2.02. The molecule has 0 amide bonds. The molecule has 0 aliphatic heterocycles. The molecule has 0 aromatic carbocycles. The lowest BCUT2D eigenvalue weighted by Gasteiger charge is -1.89. The highest BCUT2D eigenvalue weighted by Crippen LogP contribution is 2.05. The Morgan fingerprint density at radius 3 is 3.08 bits per heavy atom. The number of allylic oxidation sites excluding steroid dienone is 1. The van der Waals surface area contributed by atoms with Crippen molar-refractivity contribution in [2.24, 2.45) is 0 Å². The van der Waals surface area contributed by atoms with Crippen LogP contribution in [0, 0.1) is 11.8 Å². The van der Waals surface area contributed by atoms with Gasteiger partial charge in [0.05, 0.1) is 4.88 Å². The van der Waals surface area contributed by atoms with E-state index in [-0.39, 0.29) is 0 Å². The number of rotatable bonds is 1. The van der Waals surface area contributed by atoms with Crippen LogP contribution in [0.3, 0.4) is 0 Å². The molecule has 2 heteroatoms. The first kappa shape index (κ1) is 9.05. The second-order valence-corrected chi connectivity index (χ2v) is 3.16. The molecule has 0 radical (unpaired) electrons. The van der Waals surface area contributed by atoms with Gasteiger partial charge in [-0.3, -0.25) is 0 Å². The Hall–Kier alpha value is -1.04. The van der Waals surface area contributed by atoms with E-state index in [2.05, 4.69) is 11.8 Å². The fourth-order valence-electron chi connectivity index (χ4n) is 0.725. The van der Waals surface area contributed by atoms with Gasteiger partial charge in [-0.2, -0.15) is 0 Å². The topological polar surface area (TPSA) is 20.2 Å². The van der Waals surface area contributed by atoms with Gasteiger partial charge in [-0.05, 0) is 24.4 Å². The summed E-state index contributed by atoms with van der Waals surface area (Å²) in [6.45, 7) is 1.86. The van der Waals surface area contributed by atoms with Gasteiger partial charge < -0.3 is 5.11 Å². The van der Waals surface area contributed by atoms with E-state index in [1.165, 1.54) is 0 Å². The van der Waals surface area contributed by atoms with Gasteiger partial charge >= 0.3 is 0 Å². The van der Waals surface area contributed by atoms with E-state index in [0.29, 0.717) is 0 Å². The van der Waals surface area contributed by atoms with E-state index in [1.807, 2.05) is 24.4 Å². The SMILES string of the molecule is C/C=C/C(O)C#Cc1cccs1. The summed E-state index contributed by atoms with van der Waals surface area (Å²) in [6.07, 6.45) is 2.80. The van der Waals surface area contributed by atoms with Gasteiger partial charge in [0, 0.05) is 0 Å². The first-order valence-corrected chi connectivity index (χ1v) is 4.57. The Morgan fingerprint density at radius 1 is 1.67 bits per heavy atom. The van der Waals surface area contributed by atoms with E-state index < -0.39 is 6.10 Å². The molecular formula is C10H10OS. The van der Waals surface area contributed by atoms with Crippen LogP contribution in [0.1, 0.15) is 11.8 Å². The van der Waals surface area contributed by atoms with Crippen molar-refractivity contribution in [3.8, 4) is 11.8 Å². The first-order chi connectivity index (χ1) is 5.83. The Bertz CT molecular complexity index is 300. The highest BCUT2D eigenvalue weighted by Gasteiger charge is 1.89. The van der Waals surface area contributed by atoms with Crippen LogP contribution in [0.15, 0.2) is 29.7 Å². The van der Waals surface area contributed by atoms with Gasteiger partial charge in [0.25, 0.3) is 0 Å². The average Bonchev–Trinajstić information content (AvgIpc) is 2.53. The molecule has 0 aliphatic rings. The van der Waals surface area contributed by atoms with Gasteiger partial charge in [0.1, 0.15) is 6.10 Å². The highest BCUT2D eigenvalue weighted by atomic mass is 32.1. The van der Waals surface area contributed by atoms with Crippen LogP contribution in [0.4, 0.5) is 0 Å². The van der Waals surface area contributed by atoms with Crippen LogP contribution in [0.5, 0.6) is 0 Å². The number of aliphatic hydroxyl groups is 1. The van der Waals surface area contributed by atoms with Crippen LogP contribution in [0.25, 0.3) is 0 Å². The molecule has 0 saturated heterocycles. The molecule has 0 saturated carbocycles. The zero-order valence-electron chi connectivity index (χ0n) is 6.82. The number of hydrogen-bond acceptors (Lipinski definition) is 2. The standard InChI is InChI=1S/C10H10OS/c1-2-4-9(11)6-7-10-5-3-8-12-10/h2-5,8-9,11H,1H3/b4-2+. The lowest BCUT2D eigenvalue weighted by Crippen LogP contribution is -1.95. The van der Waals surface area contributed by atoms with Crippen LogP contribution in [-0.4, -0.2) is 11.2 Å².